The van der Waals surface area contributed by atoms with Crippen molar-refractivity contribution in [2.45, 2.75) is 51.1 Å². The highest BCUT2D eigenvalue weighted by atomic mass is 16.5. The van der Waals surface area contributed by atoms with E-state index in [0.29, 0.717) is 6.42 Å². The van der Waals surface area contributed by atoms with Crippen LogP contribution in [0.4, 0.5) is 0 Å². The Labute approximate surface area is 142 Å². The van der Waals surface area contributed by atoms with E-state index in [2.05, 4.69) is 0 Å². The summed E-state index contributed by atoms with van der Waals surface area (Å²) in [5.41, 5.74) is 2.02. The van der Waals surface area contributed by atoms with E-state index in [1.54, 1.807) is 0 Å². The maximum absolute atomic E-state index is 12.8. The van der Waals surface area contributed by atoms with Gasteiger partial charge in [0.15, 0.2) is 0 Å². The number of nitrogens with zero attached hydrogens (tertiary/aromatic N) is 1. The molecular formula is C19H23NO4. The number of benzene rings is 1. The monoisotopic (exact) mass is 329 g/mol. The minimum Gasteiger partial charge on any atom is -0.467 e. The molecule has 0 radical (unpaired) electrons. The van der Waals surface area contributed by atoms with Crippen molar-refractivity contribution in [3.05, 3.63) is 35.4 Å². The van der Waals surface area contributed by atoms with Crippen LogP contribution in [0.3, 0.4) is 0 Å². The summed E-state index contributed by atoms with van der Waals surface area (Å²) in [5, 5.41) is 0. The average molecular weight is 329 g/mol. The maximum Gasteiger partial charge on any atom is 0.328 e. The molecule has 0 bridgehead atoms. The summed E-state index contributed by atoms with van der Waals surface area (Å²) in [6.07, 6.45) is 5.06. The fourth-order valence-corrected chi connectivity index (χ4v) is 3.76. The number of amides is 1. The van der Waals surface area contributed by atoms with E-state index in [4.69, 9.17) is 4.74 Å². The Balaban J connectivity index is 1.84. The molecule has 1 amide bonds. The molecule has 1 heterocycles. The van der Waals surface area contributed by atoms with Crippen molar-refractivity contribution in [3.63, 3.8) is 0 Å². The lowest BCUT2D eigenvalue weighted by Crippen LogP contribution is -2.52. The number of rotatable bonds is 3. The van der Waals surface area contributed by atoms with Crippen LogP contribution >= 0.6 is 0 Å². The van der Waals surface area contributed by atoms with E-state index in [9.17, 15) is 14.4 Å². The molecule has 1 fully saturated rings. The molecule has 1 aromatic rings. The van der Waals surface area contributed by atoms with Crippen molar-refractivity contribution in [3.8, 4) is 0 Å². The lowest BCUT2D eigenvalue weighted by atomic mass is 9.85. The number of carbonyl (C=O) groups is 3. The third-order valence-corrected chi connectivity index (χ3v) is 5.17. The molecule has 2 aliphatic rings. The summed E-state index contributed by atoms with van der Waals surface area (Å²) in [6, 6.07) is 7.00. The van der Waals surface area contributed by atoms with E-state index in [1.165, 1.54) is 12.0 Å². The lowest BCUT2D eigenvalue weighted by Gasteiger charge is -2.35. The number of ether oxygens (including phenoxy) is 1. The van der Waals surface area contributed by atoms with E-state index in [-0.39, 0.29) is 18.2 Å². The molecule has 1 unspecified atom stereocenters. The molecule has 1 atom stereocenters. The van der Waals surface area contributed by atoms with Crippen molar-refractivity contribution in [2.24, 2.45) is 5.92 Å². The third kappa shape index (κ3) is 3.21. The van der Waals surface area contributed by atoms with Crippen LogP contribution in [-0.4, -0.2) is 35.7 Å². The molecule has 1 saturated carbocycles. The highest BCUT2D eigenvalue weighted by Gasteiger charge is 2.39. The van der Waals surface area contributed by atoms with Gasteiger partial charge in [0, 0.05) is 18.9 Å². The molecule has 0 aromatic heterocycles. The number of hydrogen-bond acceptors (Lipinski definition) is 4. The fourth-order valence-electron chi connectivity index (χ4n) is 3.76. The van der Waals surface area contributed by atoms with Crippen molar-refractivity contribution in [1.82, 2.24) is 4.90 Å². The van der Waals surface area contributed by atoms with Gasteiger partial charge in [-0.05, 0) is 24.0 Å². The van der Waals surface area contributed by atoms with E-state index in [0.717, 1.165) is 43.2 Å². The first kappa shape index (κ1) is 16.7. The van der Waals surface area contributed by atoms with E-state index < -0.39 is 17.9 Å². The normalized spacial score (nSPS) is 21.0. The molecule has 0 N–H and O–H groups in total. The first-order valence-electron chi connectivity index (χ1n) is 8.61. The Kier molecular flexibility index (Phi) is 4.97. The van der Waals surface area contributed by atoms with Gasteiger partial charge in [0.25, 0.3) is 5.91 Å². The van der Waals surface area contributed by atoms with Crippen molar-refractivity contribution < 1.29 is 19.1 Å². The Morgan fingerprint density at radius 3 is 2.38 bits per heavy atom. The third-order valence-electron chi connectivity index (χ3n) is 5.17. The molecule has 1 aliphatic carbocycles. The largest absolute Gasteiger partial charge is 0.467 e. The second-order valence-corrected chi connectivity index (χ2v) is 6.64. The summed E-state index contributed by atoms with van der Waals surface area (Å²) in [6.45, 7) is 0.285. The van der Waals surface area contributed by atoms with Crippen LogP contribution in [0, 0.1) is 5.92 Å². The molecule has 0 saturated heterocycles. The van der Waals surface area contributed by atoms with Crippen molar-refractivity contribution >= 4 is 17.7 Å². The standard InChI is InChI=1S/C19H23NO4/c1-24-19(23)16-11-14-9-5-6-10-15(14)12-20(16)18(22)17(21)13-7-3-2-4-8-13/h5-6,9-10,13,16H,2-4,7-8,11-12H2,1H3. The molecule has 128 valence electrons. The number of methoxy groups -OCH3 is 1. The quantitative estimate of drug-likeness (QED) is 0.630. The summed E-state index contributed by atoms with van der Waals surface area (Å²) >= 11 is 0. The molecule has 24 heavy (non-hydrogen) atoms. The van der Waals surface area contributed by atoms with Crippen molar-refractivity contribution in [1.29, 1.82) is 0 Å². The minimum atomic E-state index is -0.718. The molecule has 1 aromatic carbocycles. The Morgan fingerprint density at radius 1 is 1.04 bits per heavy atom. The smallest absolute Gasteiger partial charge is 0.328 e. The van der Waals surface area contributed by atoms with Gasteiger partial charge in [0.05, 0.1) is 7.11 Å². The summed E-state index contributed by atoms with van der Waals surface area (Å²) < 4.78 is 4.87. The van der Waals surface area contributed by atoms with E-state index >= 15 is 0 Å². The summed E-state index contributed by atoms with van der Waals surface area (Å²) in [4.78, 5) is 39.0. The predicted molar refractivity (Wildman–Crippen MR) is 88.1 cm³/mol. The van der Waals surface area contributed by atoms with Crippen LogP contribution in [0.15, 0.2) is 24.3 Å². The number of carbonyl (C=O) groups excluding carboxylic acids is 3. The summed E-state index contributed by atoms with van der Waals surface area (Å²) in [5.74, 6) is -1.54. The first-order chi connectivity index (χ1) is 11.6. The van der Waals surface area contributed by atoms with Crippen LogP contribution in [0.2, 0.25) is 0 Å². The van der Waals surface area contributed by atoms with Gasteiger partial charge in [0.2, 0.25) is 5.78 Å². The number of Topliss-reactive ketones (excluding diaryl/α,β-unsaturated/α-hetero) is 1. The van der Waals surface area contributed by atoms with Crippen LogP contribution < -0.4 is 0 Å². The molecule has 5 heteroatoms. The molecule has 3 rings (SSSR count). The first-order valence-corrected chi connectivity index (χ1v) is 8.61. The summed E-state index contributed by atoms with van der Waals surface area (Å²) in [7, 11) is 1.31. The maximum atomic E-state index is 12.8. The van der Waals surface area contributed by atoms with Crippen LogP contribution in [0.25, 0.3) is 0 Å². The zero-order valence-electron chi connectivity index (χ0n) is 14.0. The van der Waals surface area contributed by atoms with Gasteiger partial charge in [-0.2, -0.15) is 0 Å². The highest BCUT2D eigenvalue weighted by molar-refractivity contribution is 6.37. The number of hydrogen-bond donors (Lipinski definition) is 0. The number of ketones is 1. The average Bonchev–Trinajstić information content (AvgIpc) is 2.65. The number of fused-ring (bicyclic) bond motifs is 1. The minimum absolute atomic E-state index is 0.193. The van der Waals surface area contributed by atoms with Crippen molar-refractivity contribution in [2.75, 3.05) is 7.11 Å². The topological polar surface area (TPSA) is 63.7 Å². The van der Waals surface area contributed by atoms with Gasteiger partial charge in [-0.3, -0.25) is 9.59 Å². The zero-order valence-corrected chi connectivity index (χ0v) is 14.0. The lowest BCUT2D eigenvalue weighted by molar-refractivity contribution is -0.158. The molecule has 5 nitrogen and oxygen atoms in total. The fraction of sp³-hybridized carbons (Fsp3) is 0.526. The van der Waals surface area contributed by atoms with Gasteiger partial charge in [-0.15, -0.1) is 0 Å². The van der Waals surface area contributed by atoms with E-state index in [1.807, 2.05) is 24.3 Å². The highest BCUT2D eigenvalue weighted by Crippen LogP contribution is 2.28. The Hall–Kier alpha value is -2.17. The number of esters is 1. The molecule has 1 aliphatic heterocycles. The Morgan fingerprint density at radius 2 is 1.71 bits per heavy atom. The zero-order chi connectivity index (χ0) is 17.1. The Bertz CT molecular complexity index is 649. The SMILES string of the molecule is COC(=O)C1Cc2ccccc2CN1C(=O)C(=O)C1CCCCC1. The van der Waals surface area contributed by atoms with Gasteiger partial charge in [-0.25, -0.2) is 4.79 Å². The second kappa shape index (κ2) is 7.16. The van der Waals surface area contributed by atoms with Gasteiger partial charge in [-0.1, -0.05) is 43.5 Å². The molecule has 0 spiro atoms. The second-order valence-electron chi connectivity index (χ2n) is 6.64. The van der Waals surface area contributed by atoms with Crippen LogP contribution in [-0.2, 0) is 32.1 Å². The predicted octanol–water partition coefficient (Wildman–Crippen LogP) is 2.26. The van der Waals surface area contributed by atoms with Gasteiger partial charge < -0.3 is 9.64 Å². The van der Waals surface area contributed by atoms with Gasteiger partial charge >= 0.3 is 5.97 Å². The van der Waals surface area contributed by atoms with Gasteiger partial charge in [0.1, 0.15) is 6.04 Å². The molecular weight excluding hydrogens is 306 g/mol. The van der Waals surface area contributed by atoms with Crippen LogP contribution in [0.1, 0.15) is 43.2 Å². The van der Waals surface area contributed by atoms with Crippen LogP contribution in [0.5, 0.6) is 0 Å².